The van der Waals surface area contributed by atoms with Crippen LogP contribution in [0.3, 0.4) is 0 Å². The van der Waals surface area contributed by atoms with Crippen LogP contribution in [0.4, 0.5) is 11.4 Å². The number of morpholine rings is 1. The Morgan fingerprint density at radius 2 is 1.75 bits per heavy atom. The van der Waals surface area contributed by atoms with Crippen LogP contribution in [0.25, 0.3) is 0 Å². The van der Waals surface area contributed by atoms with E-state index >= 15 is 0 Å². The van der Waals surface area contributed by atoms with Gasteiger partial charge in [0.1, 0.15) is 0 Å². The maximum atomic E-state index is 14.0. The Hall–Kier alpha value is -4.21. The Labute approximate surface area is 282 Å². The van der Waals surface area contributed by atoms with Gasteiger partial charge in [0.25, 0.3) is 11.6 Å². The maximum absolute atomic E-state index is 14.0. The summed E-state index contributed by atoms with van der Waals surface area (Å²) in [4.78, 5) is 70.8. The first-order chi connectivity index (χ1) is 23.2. The average molecular weight is 693 g/mol. The Morgan fingerprint density at radius 1 is 1.02 bits per heavy atom. The molecule has 0 spiro atoms. The number of carbonyl (C=O) groups excluding carboxylic acids is 3. The lowest BCUT2D eigenvalue weighted by Crippen LogP contribution is -2.43. The van der Waals surface area contributed by atoms with E-state index in [1.54, 1.807) is 22.7 Å². The van der Waals surface area contributed by atoms with Crippen molar-refractivity contribution in [2.45, 2.75) is 29.5 Å². The van der Waals surface area contributed by atoms with Crippen LogP contribution in [-0.4, -0.2) is 77.3 Å². The highest BCUT2D eigenvalue weighted by molar-refractivity contribution is 8.00. The summed E-state index contributed by atoms with van der Waals surface area (Å²) in [6.45, 7) is 4.14. The number of nitro benzene ring substituents is 1. The molecule has 250 valence electrons. The summed E-state index contributed by atoms with van der Waals surface area (Å²) in [7, 11) is 0. The SMILES string of the molecule is CCOc1cc([C@@H]2c3sc(=O)[nH]c3S[C@@H]3[C@@H]4C[C@@H]([C@@H]5C(=O)N(c6ccc([N+](=O)[O-])cc6)C(=O)[C@@H]45)[C@H]23)ccc1OCC(=O)N1CCOCC1. The van der Waals surface area contributed by atoms with Crippen molar-refractivity contribution in [3.8, 4) is 11.5 Å². The fourth-order valence-electron chi connectivity index (χ4n) is 8.52. The second-order valence-electron chi connectivity index (χ2n) is 12.7. The lowest BCUT2D eigenvalue weighted by molar-refractivity contribution is -0.384. The minimum atomic E-state index is -0.516. The predicted octanol–water partition coefficient (Wildman–Crippen LogP) is 3.66. The number of fused-ring (bicyclic) bond motifs is 9. The highest BCUT2D eigenvalue weighted by atomic mass is 32.2. The number of hydrogen-bond acceptors (Lipinski definition) is 11. The highest BCUT2D eigenvalue weighted by Crippen LogP contribution is 2.68. The number of nitrogens with one attached hydrogen (secondary N) is 1. The number of amides is 3. The largest absolute Gasteiger partial charge is 0.490 e. The van der Waals surface area contributed by atoms with Gasteiger partial charge in [-0.25, -0.2) is 0 Å². The minimum absolute atomic E-state index is 0.00910. The molecule has 2 bridgehead atoms. The standard InChI is InChI=1S/C33H32N4O9S2/c1-2-45-22-13-16(3-8-21(22)46-15-23(38)35-9-11-44-12-10-35)24-25-19-14-20(28(25)47-30-29(24)48-33(41)34-30)27-26(19)31(39)36(32(27)40)17-4-6-18(7-5-17)37(42)43/h3-8,13,19-20,24-28H,2,9-12,14-15H2,1H3,(H,34,41)/t19-,20-,24+,25-,26+,27+,28-/m1/s1. The van der Waals surface area contributed by atoms with Gasteiger partial charge in [-0.1, -0.05) is 17.4 Å². The van der Waals surface area contributed by atoms with Crippen molar-refractivity contribution in [3.05, 3.63) is 72.7 Å². The zero-order valence-corrected chi connectivity index (χ0v) is 27.5. The number of rotatable bonds is 8. The summed E-state index contributed by atoms with van der Waals surface area (Å²) in [6, 6.07) is 11.2. The van der Waals surface area contributed by atoms with E-state index in [2.05, 4.69) is 4.98 Å². The van der Waals surface area contributed by atoms with E-state index in [9.17, 15) is 29.3 Å². The number of non-ortho nitro benzene ring substituents is 1. The Morgan fingerprint density at radius 3 is 2.46 bits per heavy atom. The number of thiazole rings is 1. The Kier molecular flexibility index (Phi) is 7.79. The fraction of sp³-hybridized carbons (Fsp3) is 0.455. The summed E-state index contributed by atoms with van der Waals surface area (Å²) < 4.78 is 17.3. The monoisotopic (exact) mass is 692 g/mol. The van der Waals surface area contributed by atoms with Crippen molar-refractivity contribution in [1.29, 1.82) is 0 Å². The smallest absolute Gasteiger partial charge is 0.305 e. The molecule has 4 heterocycles. The molecule has 3 aliphatic heterocycles. The average Bonchev–Trinajstić information content (AvgIpc) is 3.83. The molecule has 2 aliphatic carbocycles. The van der Waals surface area contributed by atoms with Crippen LogP contribution in [0.2, 0.25) is 0 Å². The van der Waals surface area contributed by atoms with E-state index in [1.165, 1.54) is 40.5 Å². The van der Waals surface area contributed by atoms with E-state index < -0.39 is 16.8 Å². The van der Waals surface area contributed by atoms with Gasteiger partial charge in [0.05, 0.1) is 47.3 Å². The number of aromatic amines is 1. The topological polar surface area (TPSA) is 161 Å². The second-order valence-corrected chi connectivity index (χ2v) is 14.9. The van der Waals surface area contributed by atoms with Gasteiger partial charge in [-0.15, -0.1) is 11.8 Å². The summed E-state index contributed by atoms with van der Waals surface area (Å²) in [6.07, 6.45) is 0.724. The van der Waals surface area contributed by atoms with Crippen LogP contribution >= 0.6 is 23.1 Å². The van der Waals surface area contributed by atoms with Crippen LogP contribution in [0.15, 0.2) is 52.3 Å². The van der Waals surface area contributed by atoms with E-state index in [1.807, 2.05) is 19.1 Å². The Balaban J connectivity index is 1.11. The number of nitrogens with zero attached hydrogens (tertiary/aromatic N) is 3. The molecule has 2 aromatic carbocycles. The number of aromatic nitrogens is 1. The number of thioether (sulfide) groups is 1. The van der Waals surface area contributed by atoms with E-state index in [0.717, 1.165) is 21.9 Å². The molecule has 4 fully saturated rings. The minimum Gasteiger partial charge on any atom is -0.490 e. The van der Waals surface area contributed by atoms with Crippen molar-refractivity contribution in [2.75, 3.05) is 44.4 Å². The van der Waals surface area contributed by atoms with Gasteiger partial charge >= 0.3 is 4.87 Å². The number of H-pyrrole nitrogens is 1. The van der Waals surface area contributed by atoms with Crippen molar-refractivity contribution in [2.24, 2.45) is 29.6 Å². The molecule has 5 aliphatic rings. The highest BCUT2D eigenvalue weighted by Gasteiger charge is 2.69. The quantitative estimate of drug-likeness (QED) is 0.210. The predicted molar refractivity (Wildman–Crippen MR) is 175 cm³/mol. The molecular formula is C33H32N4O9S2. The van der Waals surface area contributed by atoms with Crippen LogP contribution in [0.1, 0.15) is 29.7 Å². The van der Waals surface area contributed by atoms with Gasteiger partial charge < -0.3 is 24.1 Å². The molecule has 2 saturated carbocycles. The molecule has 1 N–H and O–H groups in total. The molecule has 2 saturated heterocycles. The lowest BCUT2D eigenvalue weighted by Gasteiger charge is -2.43. The molecule has 0 radical (unpaired) electrons. The molecule has 7 atom stereocenters. The molecule has 15 heteroatoms. The first kappa shape index (κ1) is 31.1. The zero-order valence-electron chi connectivity index (χ0n) is 25.9. The molecule has 3 aromatic rings. The van der Waals surface area contributed by atoms with Crippen molar-refractivity contribution < 1.29 is 33.5 Å². The van der Waals surface area contributed by atoms with Crippen LogP contribution in [0, 0.1) is 39.7 Å². The number of benzene rings is 2. The number of nitro groups is 1. The Bertz CT molecular complexity index is 1870. The second kappa shape index (κ2) is 12.0. The van der Waals surface area contributed by atoms with E-state index in [0.29, 0.717) is 50.1 Å². The molecule has 0 unspecified atom stereocenters. The number of ether oxygens (including phenoxy) is 3. The molecule has 13 nitrogen and oxygen atoms in total. The summed E-state index contributed by atoms with van der Waals surface area (Å²) in [5.41, 5.74) is 1.13. The van der Waals surface area contributed by atoms with E-state index in [4.69, 9.17) is 14.2 Å². The first-order valence-corrected chi connectivity index (χ1v) is 17.7. The summed E-state index contributed by atoms with van der Waals surface area (Å²) >= 11 is 2.77. The summed E-state index contributed by atoms with van der Waals surface area (Å²) in [5.74, 6) is -1.19. The lowest BCUT2D eigenvalue weighted by atomic mass is 9.68. The van der Waals surface area contributed by atoms with Crippen molar-refractivity contribution in [3.63, 3.8) is 0 Å². The third-order valence-electron chi connectivity index (χ3n) is 10.4. The summed E-state index contributed by atoms with van der Waals surface area (Å²) in [5, 5.41) is 12.0. The van der Waals surface area contributed by atoms with Crippen molar-refractivity contribution >= 4 is 52.2 Å². The molecular weight excluding hydrogens is 661 g/mol. The van der Waals surface area contributed by atoms with Gasteiger partial charge in [-0.2, -0.15) is 0 Å². The van der Waals surface area contributed by atoms with Gasteiger partial charge in [0.15, 0.2) is 18.1 Å². The van der Waals surface area contributed by atoms with Gasteiger partial charge in [-0.3, -0.25) is 34.2 Å². The number of imide groups is 1. The van der Waals surface area contributed by atoms with Crippen LogP contribution < -0.4 is 19.2 Å². The van der Waals surface area contributed by atoms with Crippen LogP contribution in [0.5, 0.6) is 11.5 Å². The van der Waals surface area contributed by atoms with E-state index in [-0.39, 0.29) is 63.8 Å². The molecule has 3 amide bonds. The zero-order chi connectivity index (χ0) is 33.3. The molecule has 48 heavy (non-hydrogen) atoms. The van der Waals surface area contributed by atoms with Crippen LogP contribution in [-0.2, 0) is 19.1 Å². The number of carbonyl (C=O) groups is 3. The first-order valence-electron chi connectivity index (χ1n) is 16.0. The third kappa shape index (κ3) is 4.93. The van der Waals surface area contributed by atoms with Gasteiger partial charge in [0, 0.05) is 41.3 Å². The van der Waals surface area contributed by atoms with Crippen molar-refractivity contribution in [1.82, 2.24) is 9.88 Å². The molecule has 8 rings (SSSR count). The fourth-order valence-corrected chi connectivity index (χ4v) is 11.4. The van der Waals surface area contributed by atoms with Gasteiger partial charge in [-0.05, 0) is 60.9 Å². The number of hydrogen-bond donors (Lipinski definition) is 1. The normalized spacial score (nSPS) is 28.6. The third-order valence-corrected chi connectivity index (χ3v) is 13.0. The van der Waals surface area contributed by atoms with Gasteiger partial charge in [0.2, 0.25) is 11.8 Å². The number of anilines is 1. The maximum Gasteiger partial charge on any atom is 0.305 e. The molecule has 1 aromatic heterocycles.